The van der Waals surface area contributed by atoms with E-state index in [-0.39, 0.29) is 18.2 Å². The van der Waals surface area contributed by atoms with E-state index in [1.165, 1.54) is 0 Å². The summed E-state index contributed by atoms with van der Waals surface area (Å²) in [6.45, 7) is 5.40. The van der Waals surface area contributed by atoms with E-state index < -0.39 is 23.1 Å². The lowest BCUT2D eigenvalue weighted by Crippen LogP contribution is -2.29. The molecule has 0 radical (unpaired) electrons. The second kappa shape index (κ2) is 9.11. The van der Waals surface area contributed by atoms with E-state index >= 15 is 0 Å². The number of nitrogens with one attached hydrogen (secondary N) is 1. The Labute approximate surface area is 212 Å². The first kappa shape index (κ1) is 24.6. The van der Waals surface area contributed by atoms with Crippen LogP contribution in [0.3, 0.4) is 0 Å². The highest BCUT2D eigenvalue weighted by molar-refractivity contribution is 5.95. The molecule has 2 aromatic carbocycles. The number of imidazole rings is 1. The number of hydrogen-bond acceptors (Lipinski definition) is 6. The van der Waals surface area contributed by atoms with Crippen molar-refractivity contribution in [3.8, 4) is 22.9 Å². The van der Waals surface area contributed by atoms with Gasteiger partial charge < -0.3 is 20.9 Å². The molecule has 0 spiro atoms. The SMILES string of the molecule is Cc1c(C(N)=O)ccc(-c2cnc3c(NCC(C)(C)O)cc(Oc4cc(F)cc(F)c4)nn23)c1C1CC1. The first-order chi connectivity index (χ1) is 17.5. The van der Waals surface area contributed by atoms with E-state index in [1.54, 1.807) is 36.7 Å². The number of hydrogen-bond donors (Lipinski definition) is 3. The molecule has 0 aliphatic heterocycles. The highest BCUT2D eigenvalue weighted by Crippen LogP contribution is 2.47. The van der Waals surface area contributed by atoms with Gasteiger partial charge in [0.05, 0.1) is 23.2 Å². The summed E-state index contributed by atoms with van der Waals surface area (Å²) >= 11 is 0. The minimum absolute atomic E-state index is 0.0558. The van der Waals surface area contributed by atoms with Gasteiger partial charge in [0, 0.05) is 41.9 Å². The molecular formula is C27H27F2N5O3. The van der Waals surface area contributed by atoms with Gasteiger partial charge in [-0.25, -0.2) is 18.3 Å². The van der Waals surface area contributed by atoms with E-state index in [0.29, 0.717) is 28.5 Å². The zero-order valence-corrected chi connectivity index (χ0v) is 20.7. The molecule has 37 heavy (non-hydrogen) atoms. The fourth-order valence-corrected chi connectivity index (χ4v) is 4.45. The lowest BCUT2D eigenvalue weighted by atomic mass is 9.92. The molecular weight excluding hydrogens is 480 g/mol. The van der Waals surface area contributed by atoms with Crippen molar-refractivity contribution in [2.45, 2.75) is 45.1 Å². The molecule has 1 aliphatic rings. The van der Waals surface area contributed by atoms with Gasteiger partial charge in [-0.1, -0.05) is 6.07 Å². The normalized spacial score (nSPS) is 13.7. The molecule has 4 N–H and O–H groups in total. The predicted molar refractivity (Wildman–Crippen MR) is 135 cm³/mol. The molecule has 192 valence electrons. The Morgan fingerprint density at radius 2 is 1.92 bits per heavy atom. The van der Waals surface area contributed by atoms with E-state index in [1.807, 2.05) is 13.0 Å². The number of carbonyl (C=O) groups is 1. The molecule has 0 atom stereocenters. The third-order valence-electron chi connectivity index (χ3n) is 6.26. The number of amides is 1. The van der Waals surface area contributed by atoms with Crippen LogP contribution in [0, 0.1) is 18.6 Å². The van der Waals surface area contributed by atoms with Crippen LogP contribution in [0.25, 0.3) is 16.9 Å². The fourth-order valence-electron chi connectivity index (χ4n) is 4.45. The predicted octanol–water partition coefficient (Wildman–Crippen LogP) is 4.93. The summed E-state index contributed by atoms with van der Waals surface area (Å²) < 4.78 is 34.9. The quantitative estimate of drug-likeness (QED) is 0.311. The van der Waals surface area contributed by atoms with E-state index in [9.17, 15) is 18.7 Å². The van der Waals surface area contributed by atoms with Crippen molar-refractivity contribution in [2.24, 2.45) is 5.73 Å². The molecule has 0 saturated heterocycles. The smallest absolute Gasteiger partial charge is 0.248 e. The molecule has 1 fully saturated rings. The summed E-state index contributed by atoms with van der Waals surface area (Å²) in [7, 11) is 0. The standard InChI is InChI=1S/C27H27F2N5O3/c1-14-19(25(30)35)6-7-20(24(14)15-4-5-15)22-12-31-26-21(32-13-27(2,3)36)11-23(33-34(22)26)37-18-9-16(28)8-17(29)10-18/h6-12,15,32,36H,4-5,13H2,1-3H3,(H2,30,35). The molecule has 8 nitrogen and oxygen atoms in total. The van der Waals surface area contributed by atoms with Gasteiger partial charge in [-0.2, -0.15) is 0 Å². The second-order valence-electron chi connectivity index (χ2n) is 9.99. The molecule has 1 amide bonds. The summed E-state index contributed by atoms with van der Waals surface area (Å²) in [4.78, 5) is 16.6. The van der Waals surface area contributed by atoms with E-state index in [2.05, 4.69) is 15.4 Å². The van der Waals surface area contributed by atoms with Crippen molar-refractivity contribution in [2.75, 3.05) is 11.9 Å². The average molecular weight is 508 g/mol. The van der Waals surface area contributed by atoms with Gasteiger partial charge in [0.25, 0.3) is 0 Å². The minimum Gasteiger partial charge on any atom is -0.437 e. The summed E-state index contributed by atoms with van der Waals surface area (Å²) in [5.74, 6) is -1.74. The van der Waals surface area contributed by atoms with Crippen LogP contribution in [-0.2, 0) is 0 Å². The van der Waals surface area contributed by atoms with Gasteiger partial charge >= 0.3 is 0 Å². The fraction of sp³-hybridized carbons (Fsp3) is 0.296. The number of nitrogens with zero attached hydrogens (tertiary/aromatic N) is 3. The summed E-state index contributed by atoms with van der Waals surface area (Å²) in [5, 5.41) is 18.0. The van der Waals surface area contributed by atoms with Crippen LogP contribution in [0.15, 0.2) is 42.6 Å². The third kappa shape index (κ3) is 5.10. The highest BCUT2D eigenvalue weighted by Gasteiger charge is 2.31. The van der Waals surface area contributed by atoms with Gasteiger partial charge in [-0.05, 0) is 56.7 Å². The maximum atomic E-state index is 13.8. The summed E-state index contributed by atoms with van der Waals surface area (Å²) in [5.41, 5.74) is 9.37. The molecule has 5 rings (SSSR count). The average Bonchev–Trinajstić information content (AvgIpc) is 3.54. The molecule has 2 aromatic heterocycles. The molecule has 0 bridgehead atoms. The van der Waals surface area contributed by atoms with Crippen molar-refractivity contribution in [1.82, 2.24) is 14.6 Å². The molecule has 1 saturated carbocycles. The van der Waals surface area contributed by atoms with Crippen LogP contribution in [0.5, 0.6) is 11.6 Å². The first-order valence-corrected chi connectivity index (χ1v) is 11.9. The number of halogens is 2. The number of benzene rings is 2. The number of nitrogens with two attached hydrogens (primary N) is 1. The number of rotatable bonds is 8. The number of anilines is 1. The third-order valence-corrected chi connectivity index (χ3v) is 6.26. The van der Waals surface area contributed by atoms with Crippen LogP contribution in [-0.4, -0.2) is 37.8 Å². The van der Waals surface area contributed by atoms with Crippen molar-refractivity contribution < 1.29 is 23.4 Å². The Hall–Kier alpha value is -4.05. The molecule has 0 unspecified atom stereocenters. The Kier molecular flexibility index (Phi) is 6.07. The lowest BCUT2D eigenvalue weighted by Gasteiger charge is -2.19. The number of carbonyl (C=O) groups excluding carboxylic acids is 1. The van der Waals surface area contributed by atoms with Gasteiger partial charge in [0.2, 0.25) is 11.8 Å². The Morgan fingerprint density at radius 3 is 2.54 bits per heavy atom. The Morgan fingerprint density at radius 1 is 1.22 bits per heavy atom. The van der Waals surface area contributed by atoms with Crippen LogP contribution in [0.1, 0.15) is 54.1 Å². The largest absolute Gasteiger partial charge is 0.437 e. The Balaban J connectivity index is 1.67. The van der Waals surface area contributed by atoms with Crippen LogP contribution >= 0.6 is 0 Å². The van der Waals surface area contributed by atoms with Gasteiger partial charge in [0.1, 0.15) is 17.4 Å². The number of aromatic nitrogens is 3. The number of ether oxygens (including phenoxy) is 1. The highest BCUT2D eigenvalue weighted by atomic mass is 19.1. The zero-order chi connectivity index (χ0) is 26.5. The van der Waals surface area contributed by atoms with Crippen molar-refractivity contribution in [3.63, 3.8) is 0 Å². The van der Waals surface area contributed by atoms with Crippen molar-refractivity contribution in [1.29, 1.82) is 0 Å². The molecule has 10 heteroatoms. The molecule has 4 aromatic rings. The van der Waals surface area contributed by atoms with Crippen molar-refractivity contribution >= 4 is 17.2 Å². The number of aliphatic hydroxyl groups is 1. The number of fused-ring (bicyclic) bond motifs is 1. The van der Waals surface area contributed by atoms with E-state index in [4.69, 9.17) is 10.5 Å². The summed E-state index contributed by atoms with van der Waals surface area (Å²) in [6.07, 6.45) is 3.67. The van der Waals surface area contributed by atoms with E-state index in [0.717, 1.165) is 47.7 Å². The first-order valence-electron chi connectivity index (χ1n) is 11.9. The molecule has 2 heterocycles. The Bertz CT molecular complexity index is 1500. The zero-order valence-electron chi connectivity index (χ0n) is 20.7. The maximum Gasteiger partial charge on any atom is 0.248 e. The van der Waals surface area contributed by atoms with Crippen molar-refractivity contribution in [3.05, 3.63) is 70.9 Å². The maximum absolute atomic E-state index is 13.8. The van der Waals surface area contributed by atoms with Gasteiger partial charge in [-0.3, -0.25) is 4.79 Å². The van der Waals surface area contributed by atoms with Gasteiger partial charge in [0.15, 0.2) is 5.65 Å². The topological polar surface area (TPSA) is 115 Å². The second-order valence-corrected chi connectivity index (χ2v) is 9.99. The summed E-state index contributed by atoms with van der Waals surface area (Å²) in [6, 6.07) is 7.97. The monoisotopic (exact) mass is 507 g/mol. The molecule has 1 aliphatic carbocycles. The van der Waals surface area contributed by atoms with Crippen LogP contribution < -0.4 is 15.8 Å². The number of primary amides is 1. The minimum atomic E-state index is -1.02. The van der Waals surface area contributed by atoms with Crippen LogP contribution in [0.2, 0.25) is 0 Å². The van der Waals surface area contributed by atoms with Gasteiger partial charge in [-0.15, -0.1) is 5.10 Å². The van der Waals surface area contributed by atoms with Crippen LogP contribution in [0.4, 0.5) is 14.5 Å². The lowest BCUT2D eigenvalue weighted by molar-refractivity contribution is 0.0944.